The molecule has 0 unspecified atom stereocenters. The zero-order chi connectivity index (χ0) is 18.4. The fourth-order valence-electron chi connectivity index (χ4n) is 3.37. The van der Waals surface area contributed by atoms with Crippen molar-refractivity contribution in [1.82, 2.24) is 4.90 Å². The number of carbonyl (C=O) groups is 2. The van der Waals surface area contributed by atoms with Crippen molar-refractivity contribution >= 4 is 17.4 Å². The molecule has 0 aliphatic carbocycles. The van der Waals surface area contributed by atoms with Crippen molar-refractivity contribution in [2.45, 2.75) is 26.2 Å². The van der Waals surface area contributed by atoms with Crippen LogP contribution in [0.25, 0.3) is 0 Å². The van der Waals surface area contributed by atoms with E-state index in [1.165, 1.54) is 11.3 Å². The Labute approximate surface area is 155 Å². The Morgan fingerprint density at radius 1 is 0.885 bits per heavy atom. The quantitative estimate of drug-likeness (QED) is 0.746. The number of piperazine rings is 1. The molecule has 2 aromatic carbocycles. The topological polar surface area (TPSA) is 40.6 Å². The number of anilines is 1. The van der Waals surface area contributed by atoms with Crippen molar-refractivity contribution < 1.29 is 9.59 Å². The number of carbonyl (C=O) groups excluding carboxylic acids is 2. The van der Waals surface area contributed by atoms with Crippen LogP contribution >= 0.6 is 0 Å². The molecule has 1 fully saturated rings. The van der Waals surface area contributed by atoms with Crippen LogP contribution in [0.15, 0.2) is 54.6 Å². The van der Waals surface area contributed by atoms with Gasteiger partial charge in [-0.3, -0.25) is 9.59 Å². The van der Waals surface area contributed by atoms with Crippen LogP contribution in [0.3, 0.4) is 0 Å². The Balaban J connectivity index is 1.42. The molecule has 0 N–H and O–H groups in total. The first-order valence-corrected chi connectivity index (χ1v) is 9.31. The summed E-state index contributed by atoms with van der Waals surface area (Å²) in [5.41, 5.74) is 3.21. The second kappa shape index (κ2) is 8.65. The van der Waals surface area contributed by atoms with Gasteiger partial charge in [-0.05, 0) is 31.0 Å². The van der Waals surface area contributed by atoms with Gasteiger partial charge < -0.3 is 9.80 Å². The number of hydrogen-bond acceptors (Lipinski definition) is 3. The minimum atomic E-state index is 0.114. The highest BCUT2D eigenvalue weighted by atomic mass is 16.2. The van der Waals surface area contributed by atoms with E-state index >= 15 is 0 Å². The number of aryl methyl sites for hydroxylation is 1. The summed E-state index contributed by atoms with van der Waals surface area (Å²) < 4.78 is 0. The molecule has 1 aliphatic rings. The molecule has 4 heteroatoms. The molecular weight excluding hydrogens is 324 g/mol. The first kappa shape index (κ1) is 18.2. The molecular formula is C22H26N2O2. The molecule has 136 valence electrons. The summed E-state index contributed by atoms with van der Waals surface area (Å²) in [6.07, 6.45) is 1.49. The van der Waals surface area contributed by atoms with Crippen molar-refractivity contribution in [2.75, 3.05) is 31.1 Å². The lowest BCUT2D eigenvalue weighted by Crippen LogP contribution is -2.48. The third-order valence-electron chi connectivity index (χ3n) is 4.89. The highest BCUT2D eigenvalue weighted by Gasteiger charge is 2.21. The van der Waals surface area contributed by atoms with Crippen molar-refractivity contribution in [1.29, 1.82) is 0 Å². The summed E-state index contributed by atoms with van der Waals surface area (Å²) in [6, 6.07) is 17.8. The monoisotopic (exact) mass is 350 g/mol. The molecule has 0 aromatic heterocycles. The Hall–Kier alpha value is -2.62. The molecule has 0 saturated carbocycles. The molecule has 3 rings (SSSR count). The molecule has 1 saturated heterocycles. The fourth-order valence-corrected chi connectivity index (χ4v) is 3.37. The largest absolute Gasteiger partial charge is 0.368 e. The Kier molecular flexibility index (Phi) is 6.05. The van der Waals surface area contributed by atoms with Gasteiger partial charge in [0.05, 0.1) is 0 Å². The Morgan fingerprint density at radius 2 is 1.62 bits per heavy atom. The number of hydrogen-bond donors (Lipinski definition) is 0. The predicted octanol–water partition coefficient (Wildman–Crippen LogP) is 3.70. The van der Waals surface area contributed by atoms with Crippen molar-refractivity contribution in [2.24, 2.45) is 0 Å². The van der Waals surface area contributed by atoms with E-state index in [1.807, 2.05) is 35.2 Å². The van der Waals surface area contributed by atoms with Crippen molar-refractivity contribution in [3.05, 3.63) is 65.7 Å². The van der Waals surface area contributed by atoms with Crippen molar-refractivity contribution in [3.63, 3.8) is 0 Å². The fraction of sp³-hybridized carbons (Fsp3) is 0.364. The van der Waals surface area contributed by atoms with E-state index in [4.69, 9.17) is 0 Å². The maximum absolute atomic E-state index is 12.4. The van der Waals surface area contributed by atoms with Gasteiger partial charge in [-0.15, -0.1) is 0 Å². The van der Waals surface area contributed by atoms with Crippen LogP contribution in [-0.4, -0.2) is 42.8 Å². The first-order chi connectivity index (χ1) is 12.6. The van der Waals surface area contributed by atoms with E-state index in [0.717, 1.165) is 31.7 Å². The summed E-state index contributed by atoms with van der Waals surface area (Å²) >= 11 is 0. The predicted molar refractivity (Wildman–Crippen MR) is 105 cm³/mol. The molecule has 0 atom stereocenters. The Bertz CT molecular complexity index is 750. The molecule has 0 radical (unpaired) electrons. The summed E-state index contributed by atoms with van der Waals surface area (Å²) in [5, 5.41) is 0. The third-order valence-corrected chi connectivity index (χ3v) is 4.89. The van der Waals surface area contributed by atoms with Gasteiger partial charge in [0, 0.05) is 50.3 Å². The molecule has 4 nitrogen and oxygen atoms in total. The van der Waals surface area contributed by atoms with E-state index in [9.17, 15) is 9.59 Å². The number of ketones is 1. The maximum atomic E-state index is 12.4. The normalized spacial score (nSPS) is 14.3. The summed E-state index contributed by atoms with van der Waals surface area (Å²) in [6.45, 7) is 5.31. The lowest BCUT2D eigenvalue weighted by atomic mass is 10.1. The van der Waals surface area contributed by atoms with Gasteiger partial charge in [-0.25, -0.2) is 0 Å². The summed E-state index contributed by atoms with van der Waals surface area (Å²) in [7, 11) is 0. The number of amides is 1. The second-order valence-corrected chi connectivity index (χ2v) is 6.85. The second-order valence-electron chi connectivity index (χ2n) is 6.85. The summed E-state index contributed by atoms with van der Waals surface area (Å²) in [5.74, 6) is 0.275. The average molecular weight is 350 g/mol. The minimum Gasteiger partial charge on any atom is -0.368 e. The van der Waals surface area contributed by atoms with Gasteiger partial charge in [0.2, 0.25) is 5.91 Å². The number of rotatable bonds is 6. The van der Waals surface area contributed by atoms with Crippen LogP contribution in [0, 0.1) is 6.92 Å². The molecule has 1 amide bonds. The SMILES string of the molecule is Cc1cccc(N2CCN(C(=O)CCCC(=O)c3ccccc3)CC2)c1. The van der Waals surface area contributed by atoms with Gasteiger partial charge in [0.1, 0.15) is 0 Å². The van der Waals surface area contributed by atoms with Crippen LogP contribution in [0.1, 0.15) is 35.2 Å². The minimum absolute atomic E-state index is 0.114. The average Bonchev–Trinajstić information content (AvgIpc) is 2.68. The van der Waals surface area contributed by atoms with E-state index in [0.29, 0.717) is 19.3 Å². The zero-order valence-corrected chi connectivity index (χ0v) is 15.4. The van der Waals surface area contributed by atoms with E-state index in [2.05, 4.69) is 36.1 Å². The van der Waals surface area contributed by atoms with Crippen LogP contribution < -0.4 is 4.90 Å². The van der Waals surface area contributed by atoms with Crippen LogP contribution in [0.2, 0.25) is 0 Å². The number of benzene rings is 2. The molecule has 1 aliphatic heterocycles. The molecule has 26 heavy (non-hydrogen) atoms. The lowest BCUT2D eigenvalue weighted by molar-refractivity contribution is -0.131. The summed E-state index contributed by atoms with van der Waals surface area (Å²) in [4.78, 5) is 28.8. The highest BCUT2D eigenvalue weighted by Crippen LogP contribution is 2.18. The van der Waals surface area contributed by atoms with E-state index < -0.39 is 0 Å². The maximum Gasteiger partial charge on any atom is 0.222 e. The van der Waals surface area contributed by atoms with E-state index in [-0.39, 0.29) is 11.7 Å². The molecule has 0 bridgehead atoms. The van der Waals surface area contributed by atoms with Gasteiger partial charge in [-0.2, -0.15) is 0 Å². The van der Waals surface area contributed by atoms with Crippen LogP contribution in [-0.2, 0) is 4.79 Å². The molecule has 0 spiro atoms. The lowest BCUT2D eigenvalue weighted by Gasteiger charge is -2.36. The third kappa shape index (κ3) is 4.72. The van der Waals surface area contributed by atoms with E-state index in [1.54, 1.807) is 0 Å². The van der Waals surface area contributed by atoms with Gasteiger partial charge in [-0.1, -0.05) is 42.5 Å². The van der Waals surface area contributed by atoms with Gasteiger partial charge in [0.25, 0.3) is 0 Å². The van der Waals surface area contributed by atoms with Gasteiger partial charge in [0.15, 0.2) is 5.78 Å². The zero-order valence-electron chi connectivity index (χ0n) is 15.4. The first-order valence-electron chi connectivity index (χ1n) is 9.31. The van der Waals surface area contributed by atoms with Crippen LogP contribution in [0.4, 0.5) is 5.69 Å². The van der Waals surface area contributed by atoms with Crippen molar-refractivity contribution in [3.8, 4) is 0 Å². The smallest absolute Gasteiger partial charge is 0.222 e. The standard InChI is InChI=1S/C22H26N2O2/c1-18-7-5-10-20(17-18)23-13-15-24(16-14-23)22(26)12-6-11-21(25)19-8-3-2-4-9-19/h2-5,7-10,17H,6,11-16H2,1H3. The highest BCUT2D eigenvalue weighted by molar-refractivity contribution is 5.96. The van der Waals surface area contributed by atoms with Gasteiger partial charge >= 0.3 is 0 Å². The number of nitrogens with zero attached hydrogens (tertiary/aromatic N) is 2. The number of Topliss-reactive ketones (excluding diaryl/α,β-unsaturated/α-hetero) is 1. The molecule has 1 heterocycles. The van der Waals surface area contributed by atoms with Crippen LogP contribution in [0.5, 0.6) is 0 Å². The molecule has 2 aromatic rings. The Morgan fingerprint density at radius 3 is 2.31 bits per heavy atom.